The molecule has 0 radical (unpaired) electrons. The summed E-state index contributed by atoms with van der Waals surface area (Å²) in [5, 5.41) is 3.97. The number of rotatable bonds is 3. The highest BCUT2D eigenvalue weighted by Crippen LogP contribution is 2.27. The molecule has 96 valence electrons. The lowest BCUT2D eigenvalue weighted by atomic mass is 10.3. The Morgan fingerprint density at radius 2 is 1.89 bits per heavy atom. The minimum atomic E-state index is 0.572. The highest BCUT2D eigenvalue weighted by molar-refractivity contribution is 5.81. The van der Waals surface area contributed by atoms with Gasteiger partial charge in [-0.2, -0.15) is 0 Å². The summed E-state index contributed by atoms with van der Waals surface area (Å²) in [5.41, 5.74) is 1.90. The predicted molar refractivity (Wildman–Crippen MR) is 74.6 cm³/mol. The average molecular weight is 254 g/mol. The van der Waals surface area contributed by atoms with Gasteiger partial charge in [0.1, 0.15) is 17.7 Å². The minimum absolute atomic E-state index is 0.572. The normalized spacial score (nSPS) is 10.6. The van der Waals surface area contributed by atoms with E-state index in [0.29, 0.717) is 5.88 Å². The van der Waals surface area contributed by atoms with Crippen LogP contribution in [0.2, 0.25) is 0 Å². The maximum Gasteiger partial charge on any atom is 0.231 e. The van der Waals surface area contributed by atoms with E-state index < -0.39 is 0 Å². The Bertz CT molecular complexity index is 703. The van der Waals surface area contributed by atoms with E-state index in [-0.39, 0.29) is 0 Å². The van der Waals surface area contributed by atoms with Crippen LogP contribution in [0.3, 0.4) is 0 Å². The lowest BCUT2D eigenvalue weighted by Crippen LogP contribution is -1.93. The first-order valence-corrected chi connectivity index (χ1v) is 5.99. The van der Waals surface area contributed by atoms with Crippen LogP contribution >= 0.6 is 0 Å². The van der Waals surface area contributed by atoms with Crippen molar-refractivity contribution in [1.29, 1.82) is 0 Å². The summed E-state index contributed by atoms with van der Waals surface area (Å²) in [7, 11) is 3.83. The third-order valence-corrected chi connectivity index (χ3v) is 2.98. The smallest absolute Gasteiger partial charge is 0.231 e. The predicted octanol–water partition coefficient (Wildman–Crippen LogP) is 2.80. The van der Waals surface area contributed by atoms with Gasteiger partial charge < -0.3 is 14.6 Å². The second-order valence-corrected chi connectivity index (χ2v) is 4.22. The van der Waals surface area contributed by atoms with E-state index >= 15 is 0 Å². The van der Waals surface area contributed by atoms with Crippen LogP contribution in [0.1, 0.15) is 0 Å². The SMILES string of the molecule is CNc1ccc(Oc2ncnc3c2ccn3C)cc1. The summed E-state index contributed by atoms with van der Waals surface area (Å²) in [4.78, 5) is 8.43. The third kappa shape index (κ3) is 2.10. The highest BCUT2D eigenvalue weighted by atomic mass is 16.5. The number of aromatic nitrogens is 3. The van der Waals surface area contributed by atoms with Crippen molar-refractivity contribution >= 4 is 16.7 Å². The van der Waals surface area contributed by atoms with Gasteiger partial charge in [0.15, 0.2) is 0 Å². The fourth-order valence-corrected chi connectivity index (χ4v) is 1.94. The number of nitrogens with zero attached hydrogens (tertiary/aromatic N) is 3. The number of fused-ring (bicyclic) bond motifs is 1. The molecule has 0 aliphatic carbocycles. The largest absolute Gasteiger partial charge is 0.438 e. The molecule has 3 aromatic rings. The molecule has 2 aromatic heterocycles. The molecule has 0 saturated heterocycles. The summed E-state index contributed by atoms with van der Waals surface area (Å²) in [6.07, 6.45) is 3.45. The molecule has 0 spiro atoms. The van der Waals surface area contributed by atoms with Gasteiger partial charge in [-0.3, -0.25) is 0 Å². The molecule has 0 atom stereocenters. The van der Waals surface area contributed by atoms with E-state index in [1.54, 1.807) is 0 Å². The molecule has 2 heterocycles. The number of nitrogens with one attached hydrogen (secondary N) is 1. The molecular weight excluding hydrogens is 240 g/mol. The Morgan fingerprint density at radius 3 is 2.63 bits per heavy atom. The Balaban J connectivity index is 1.96. The Labute approximate surface area is 110 Å². The number of benzene rings is 1. The van der Waals surface area contributed by atoms with E-state index in [1.807, 2.05) is 55.2 Å². The molecule has 3 rings (SSSR count). The van der Waals surface area contributed by atoms with Crippen molar-refractivity contribution in [2.45, 2.75) is 0 Å². The first-order valence-electron chi connectivity index (χ1n) is 5.99. The molecule has 0 saturated carbocycles. The standard InChI is InChI=1S/C14H14N4O/c1-15-10-3-5-11(6-4-10)19-14-12-7-8-18(2)13(12)16-9-17-14/h3-9,15H,1-2H3. The molecule has 0 amide bonds. The topological polar surface area (TPSA) is 52.0 Å². The van der Waals surface area contributed by atoms with Crippen molar-refractivity contribution < 1.29 is 4.74 Å². The van der Waals surface area contributed by atoms with Gasteiger partial charge in [0.25, 0.3) is 0 Å². The third-order valence-electron chi connectivity index (χ3n) is 2.98. The number of hydrogen-bond donors (Lipinski definition) is 1. The van der Waals surface area contributed by atoms with Gasteiger partial charge in [-0.15, -0.1) is 0 Å². The quantitative estimate of drug-likeness (QED) is 0.780. The number of anilines is 1. The van der Waals surface area contributed by atoms with Crippen LogP contribution in [0.15, 0.2) is 42.9 Å². The molecule has 0 fully saturated rings. The van der Waals surface area contributed by atoms with Crippen LogP contribution in [-0.2, 0) is 7.05 Å². The van der Waals surface area contributed by atoms with Crippen molar-refractivity contribution in [3.63, 3.8) is 0 Å². The van der Waals surface area contributed by atoms with Crippen LogP contribution in [0.25, 0.3) is 11.0 Å². The zero-order valence-corrected chi connectivity index (χ0v) is 10.8. The minimum Gasteiger partial charge on any atom is -0.438 e. The maximum atomic E-state index is 5.81. The molecule has 1 aromatic carbocycles. The summed E-state index contributed by atoms with van der Waals surface area (Å²) in [6.45, 7) is 0. The van der Waals surface area contributed by atoms with E-state index in [2.05, 4.69) is 15.3 Å². The first kappa shape index (κ1) is 11.5. The van der Waals surface area contributed by atoms with Gasteiger partial charge in [-0.1, -0.05) is 0 Å². The second kappa shape index (κ2) is 4.61. The van der Waals surface area contributed by atoms with Gasteiger partial charge in [-0.05, 0) is 30.3 Å². The molecule has 19 heavy (non-hydrogen) atoms. The van der Waals surface area contributed by atoms with Crippen LogP contribution in [0.5, 0.6) is 11.6 Å². The molecular formula is C14H14N4O. The van der Waals surface area contributed by atoms with Crippen molar-refractivity contribution in [1.82, 2.24) is 14.5 Å². The van der Waals surface area contributed by atoms with Gasteiger partial charge in [0.2, 0.25) is 5.88 Å². The van der Waals surface area contributed by atoms with Crippen LogP contribution in [0, 0.1) is 0 Å². The Hall–Kier alpha value is -2.56. The van der Waals surface area contributed by atoms with E-state index in [1.165, 1.54) is 6.33 Å². The Kier molecular flexibility index (Phi) is 2.79. The number of ether oxygens (including phenoxy) is 1. The summed E-state index contributed by atoms with van der Waals surface area (Å²) >= 11 is 0. The maximum absolute atomic E-state index is 5.81. The highest BCUT2D eigenvalue weighted by Gasteiger charge is 2.08. The van der Waals surface area contributed by atoms with Gasteiger partial charge in [-0.25, -0.2) is 9.97 Å². The summed E-state index contributed by atoms with van der Waals surface area (Å²) in [6, 6.07) is 9.68. The Morgan fingerprint density at radius 1 is 1.11 bits per heavy atom. The van der Waals surface area contributed by atoms with Crippen molar-refractivity contribution in [3.8, 4) is 11.6 Å². The monoisotopic (exact) mass is 254 g/mol. The van der Waals surface area contributed by atoms with E-state index in [4.69, 9.17) is 4.74 Å². The summed E-state index contributed by atoms with van der Waals surface area (Å²) < 4.78 is 7.75. The van der Waals surface area contributed by atoms with Crippen molar-refractivity contribution in [2.75, 3.05) is 12.4 Å². The van der Waals surface area contributed by atoms with E-state index in [0.717, 1.165) is 22.5 Å². The second-order valence-electron chi connectivity index (χ2n) is 4.22. The zero-order chi connectivity index (χ0) is 13.2. The fraction of sp³-hybridized carbons (Fsp3) is 0.143. The average Bonchev–Trinajstić information content (AvgIpc) is 2.83. The number of aryl methyl sites for hydroxylation is 1. The molecule has 5 nitrogen and oxygen atoms in total. The lowest BCUT2D eigenvalue weighted by Gasteiger charge is -2.06. The molecule has 5 heteroatoms. The molecule has 0 aliphatic heterocycles. The van der Waals surface area contributed by atoms with Crippen LogP contribution in [0.4, 0.5) is 5.69 Å². The lowest BCUT2D eigenvalue weighted by molar-refractivity contribution is 0.468. The van der Waals surface area contributed by atoms with Crippen molar-refractivity contribution in [3.05, 3.63) is 42.9 Å². The summed E-state index contributed by atoms with van der Waals surface area (Å²) in [5.74, 6) is 1.32. The molecule has 0 unspecified atom stereocenters. The van der Waals surface area contributed by atoms with E-state index in [9.17, 15) is 0 Å². The number of hydrogen-bond acceptors (Lipinski definition) is 4. The molecule has 0 bridgehead atoms. The van der Waals surface area contributed by atoms with Crippen LogP contribution in [-0.4, -0.2) is 21.6 Å². The van der Waals surface area contributed by atoms with Gasteiger partial charge >= 0.3 is 0 Å². The first-order chi connectivity index (χ1) is 9.28. The molecule has 0 aliphatic rings. The molecule has 1 N–H and O–H groups in total. The zero-order valence-electron chi connectivity index (χ0n) is 10.8. The van der Waals surface area contributed by atoms with Gasteiger partial charge in [0.05, 0.1) is 5.39 Å². The van der Waals surface area contributed by atoms with Crippen LogP contribution < -0.4 is 10.1 Å². The van der Waals surface area contributed by atoms with Gasteiger partial charge in [0, 0.05) is 26.0 Å². The van der Waals surface area contributed by atoms with Crippen molar-refractivity contribution in [2.24, 2.45) is 7.05 Å². The fourth-order valence-electron chi connectivity index (χ4n) is 1.94.